The summed E-state index contributed by atoms with van der Waals surface area (Å²) in [4.78, 5) is 0. The Balaban J connectivity index is 2.27. The molecule has 0 saturated heterocycles. The van der Waals surface area contributed by atoms with Crippen molar-refractivity contribution in [1.29, 1.82) is 0 Å². The van der Waals surface area contributed by atoms with E-state index in [1.165, 1.54) is 0 Å². The van der Waals surface area contributed by atoms with Crippen molar-refractivity contribution in [3.8, 4) is 0 Å². The molecular weight excluding hydrogens is 250 g/mol. The highest BCUT2D eigenvalue weighted by atomic mass is 16.5. The van der Waals surface area contributed by atoms with Gasteiger partial charge in [0.15, 0.2) is 0 Å². The molecule has 3 nitrogen and oxygen atoms in total. The van der Waals surface area contributed by atoms with Gasteiger partial charge in [-0.2, -0.15) is 0 Å². The molecule has 0 amide bonds. The largest absolute Gasteiger partial charge is 0.394 e. The lowest BCUT2D eigenvalue weighted by Crippen LogP contribution is -2.17. The van der Waals surface area contributed by atoms with Crippen molar-refractivity contribution in [3.63, 3.8) is 0 Å². The van der Waals surface area contributed by atoms with E-state index in [2.05, 4.69) is 18.3 Å². The third-order valence-electron chi connectivity index (χ3n) is 3.39. The van der Waals surface area contributed by atoms with Crippen LogP contribution in [0.5, 0.6) is 0 Å². The number of anilines is 1. The summed E-state index contributed by atoms with van der Waals surface area (Å²) in [6.07, 6.45) is 0. The Hall–Kier alpha value is -1.84. The molecule has 2 aromatic rings. The quantitative estimate of drug-likeness (QED) is 0.847. The van der Waals surface area contributed by atoms with Gasteiger partial charge in [0.1, 0.15) is 0 Å². The molecule has 0 fully saturated rings. The number of rotatable bonds is 6. The van der Waals surface area contributed by atoms with E-state index in [1.54, 1.807) is 7.11 Å². The van der Waals surface area contributed by atoms with E-state index in [0.29, 0.717) is 6.61 Å². The van der Waals surface area contributed by atoms with Crippen LogP contribution in [-0.2, 0) is 11.3 Å². The lowest BCUT2D eigenvalue weighted by Gasteiger charge is -2.22. The molecule has 20 heavy (non-hydrogen) atoms. The average Bonchev–Trinajstić information content (AvgIpc) is 2.48. The zero-order valence-corrected chi connectivity index (χ0v) is 12.0. The van der Waals surface area contributed by atoms with Gasteiger partial charge < -0.3 is 15.2 Å². The van der Waals surface area contributed by atoms with E-state index in [9.17, 15) is 5.11 Å². The molecule has 0 heterocycles. The van der Waals surface area contributed by atoms with Crippen LogP contribution in [-0.4, -0.2) is 18.8 Å². The summed E-state index contributed by atoms with van der Waals surface area (Å²) in [6.45, 7) is 2.63. The van der Waals surface area contributed by atoms with Gasteiger partial charge in [-0.25, -0.2) is 0 Å². The van der Waals surface area contributed by atoms with Crippen LogP contribution in [0.2, 0.25) is 0 Å². The van der Waals surface area contributed by atoms with Crippen LogP contribution >= 0.6 is 0 Å². The minimum atomic E-state index is -0.137. The lowest BCUT2D eigenvalue weighted by molar-refractivity contribution is 0.183. The molecule has 1 unspecified atom stereocenters. The highest BCUT2D eigenvalue weighted by Gasteiger charge is 2.14. The molecule has 0 aliphatic rings. The highest BCUT2D eigenvalue weighted by Crippen LogP contribution is 2.24. The second kappa shape index (κ2) is 7.08. The van der Waals surface area contributed by atoms with Gasteiger partial charge in [0, 0.05) is 12.8 Å². The second-order valence-electron chi connectivity index (χ2n) is 4.83. The van der Waals surface area contributed by atoms with Crippen molar-refractivity contribution in [2.75, 3.05) is 19.0 Å². The van der Waals surface area contributed by atoms with Crippen LogP contribution in [0, 0.1) is 6.92 Å². The smallest absolute Gasteiger partial charge is 0.0748 e. The maximum atomic E-state index is 9.72. The summed E-state index contributed by atoms with van der Waals surface area (Å²) in [6, 6.07) is 16.0. The normalized spacial score (nSPS) is 12.2. The number of aliphatic hydroxyl groups is 1. The first-order valence-electron chi connectivity index (χ1n) is 6.76. The number of hydrogen-bond acceptors (Lipinski definition) is 3. The molecule has 2 aromatic carbocycles. The van der Waals surface area contributed by atoms with Crippen LogP contribution < -0.4 is 5.32 Å². The molecule has 0 aromatic heterocycles. The van der Waals surface area contributed by atoms with Gasteiger partial charge in [0.2, 0.25) is 0 Å². The van der Waals surface area contributed by atoms with Gasteiger partial charge in [-0.1, -0.05) is 42.5 Å². The number of hydrogen-bond donors (Lipinski definition) is 2. The first-order valence-corrected chi connectivity index (χ1v) is 6.76. The minimum Gasteiger partial charge on any atom is -0.394 e. The molecule has 3 heteroatoms. The number of methoxy groups -OCH3 is 1. The van der Waals surface area contributed by atoms with Gasteiger partial charge in [-0.05, 0) is 29.7 Å². The predicted molar refractivity (Wildman–Crippen MR) is 81.8 cm³/mol. The number of aryl methyl sites for hydroxylation is 1. The number of ether oxygens (including phenoxy) is 1. The summed E-state index contributed by atoms with van der Waals surface area (Å²) >= 11 is 0. The summed E-state index contributed by atoms with van der Waals surface area (Å²) in [7, 11) is 1.68. The average molecular weight is 271 g/mol. The van der Waals surface area contributed by atoms with Crippen LogP contribution in [0.25, 0.3) is 0 Å². The topological polar surface area (TPSA) is 41.5 Å². The van der Waals surface area contributed by atoms with Gasteiger partial charge in [0.05, 0.1) is 19.3 Å². The van der Waals surface area contributed by atoms with Crippen molar-refractivity contribution in [2.45, 2.75) is 19.6 Å². The molecule has 0 saturated carbocycles. The second-order valence-corrected chi connectivity index (χ2v) is 4.83. The Labute approximate surface area is 120 Å². The Bertz CT molecular complexity index is 554. The number of aliphatic hydroxyl groups excluding tert-OH is 1. The molecule has 0 radical (unpaired) electrons. The van der Waals surface area contributed by atoms with Crippen molar-refractivity contribution in [3.05, 3.63) is 65.2 Å². The van der Waals surface area contributed by atoms with Gasteiger partial charge >= 0.3 is 0 Å². The van der Waals surface area contributed by atoms with Crippen LogP contribution in [0.1, 0.15) is 22.7 Å². The zero-order valence-electron chi connectivity index (χ0n) is 12.0. The van der Waals surface area contributed by atoms with Crippen LogP contribution in [0.3, 0.4) is 0 Å². The molecule has 0 aliphatic heterocycles. The SMILES string of the molecule is COCc1ccccc1C(CO)Nc1ccccc1C. The standard InChI is InChI=1S/C17H21NO2/c1-13-7-3-6-10-16(13)18-17(11-19)15-9-5-4-8-14(15)12-20-2/h3-10,17-19H,11-12H2,1-2H3. The fourth-order valence-corrected chi connectivity index (χ4v) is 2.31. The fourth-order valence-electron chi connectivity index (χ4n) is 2.31. The first-order chi connectivity index (χ1) is 9.76. The van der Waals surface area contributed by atoms with E-state index in [-0.39, 0.29) is 12.6 Å². The molecule has 0 aliphatic carbocycles. The van der Waals surface area contributed by atoms with Crippen molar-refractivity contribution < 1.29 is 9.84 Å². The van der Waals surface area contributed by atoms with Crippen molar-refractivity contribution in [2.24, 2.45) is 0 Å². The van der Waals surface area contributed by atoms with E-state index < -0.39 is 0 Å². The molecule has 0 spiro atoms. The van der Waals surface area contributed by atoms with Crippen molar-refractivity contribution in [1.82, 2.24) is 0 Å². The van der Waals surface area contributed by atoms with Gasteiger partial charge in [0.25, 0.3) is 0 Å². The van der Waals surface area contributed by atoms with Crippen molar-refractivity contribution >= 4 is 5.69 Å². The highest BCUT2D eigenvalue weighted by molar-refractivity contribution is 5.52. The number of benzene rings is 2. The third-order valence-corrected chi connectivity index (χ3v) is 3.39. The molecular formula is C17H21NO2. The minimum absolute atomic E-state index is 0.0368. The van der Waals surface area contributed by atoms with E-state index in [0.717, 1.165) is 22.4 Å². The predicted octanol–water partition coefficient (Wildman–Crippen LogP) is 3.29. The van der Waals surface area contributed by atoms with E-state index in [4.69, 9.17) is 4.74 Å². The number of para-hydroxylation sites is 1. The molecule has 2 N–H and O–H groups in total. The Morgan fingerprint density at radius 1 is 1.10 bits per heavy atom. The summed E-state index contributed by atoms with van der Waals surface area (Å²) in [5.41, 5.74) is 4.36. The molecule has 1 atom stereocenters. The maximum Gasteiger partial charge on any atom is 0.0748 e. The number of nitrogens with one attached hydrogen (secondary N) is 1. The third kappa shape index (κ3) is 3.38. The zero-order chi connectivity index (χ0) is 14.4. The Morgan fingerprint density at radius 2 is 1.80 bits per heavy atom. The monoisotopic (exact) mass is 271 g/mol. The summed E-state index contributed by atoms with van der Waals surface area (Å²) in [5, 5.41) is 13.1. The van der Waals surface area contributed by atoms with Crippen LogP contribution in [0.15, 0.2) is 48.5 Å². The Kier molecular flexibility index (Phi) is 5.16. The van der Waals surface area contributed by atoms with Gasteiger partial charge in [-0.3, -0.25) is 0 Å². The van der Waals surface area contributed by atoms with Gasteiger partial charge in [-0.15, -0.1) is 0 Å². The first kappa shape index (κ1) is 14.6. The Morgan fingerprint density at radius 3 is 2.50 bits per heavy atom. The molecule has 106 valence electrons. The van der Waals surface area contributed by atoms with E-state index >= 15 is 0 Å². The fraction of sp³-hybridized carbons (Fsp3) is 0.294. The maximum absolute atomic E-state index is 9.72. The molecule has 2 rings (SSSR count). The van der Waals surface area contributed by atoms with Crippen LogP contribution in [0.4, 0.5) is 5.69 Å². The molecule has 0 bridgehead atoms. The summed E-state index contributed by atoms with van der Waals surface area (Å²) < 4.78 is 5.23. The van der Waals surface area contributed by atoms with E-state index in [1.807, 2.05) is 42.5 Å². The lowest BCUT2D eigenvalue weighted by atomic mass is 10.0. The summed E-state index contributed by atoms with van der Waals surface area (Å²) in [5.74, 6) is 0.